The van der Waals surface area contributed by atoms with Gasteiger partial charge in [-0.2, -0.15) is 0 Å². The van der Waals surface area contributed by atoms with E-state index in [0.29, 0.717) is 0 Å². The molecule has 0 aromatic carbocycles. The Kier molecular flexibility index (Phi) is 4.86. The van der Waals surface area contributed by atoms with Crippen LogP contribution in [0.2, 0.25) is 0 Å². The predicted molar refractivity (Wildman–Crippen MR) is 89.2 cm³/mol. The molecule has 4 heteroatoms. The number of fused-ring (bicyclic) bond motifs is 1. The van der Waals surface area contributed by atoms with Crippen molar-refractivity contribution in [3.8, 4) is 0 Å². The molecule has 0 spiro atoms. The zero-order valence-corrected chi connectivity index (χ0v) is 13.5. The van der Waals surface area contributed by atoms with Crippen LogP contribution in [0, 0.1) is 0 Å². The molecule has 3 nitrogen and oxygen atoms in total. The van der Waals surface area contributed by atoms with Crippen LogP contribution in [0.5, 0.6) is 0 Å². The number of rotatable bonds is 5. The number of thiophene rings is 1. The Balaban J connectivity index is 1.91. The van der Waals surface area contributed by atoms with Crippen LogP contribution in [-0.4, -0.2) is 16.5 Å². The number of nitrogens with zero attached hydrogens (tertiary/aromatic N) is 2. The van der Waals surface area contributed by atoms with E-state index >= 15 is 0 Å². The van der Waals surface area contributed by atoms with Gasteiger partial charge < -0.3 is 5.32 Å². The molecule has 1 N–H and O–H groups in total. The maximum atomic E-state index is 4.87. The van der Waals surface area contributed by atoms with Crippen LogP contribution in [0.25, 0.3) is 0 Å². The summed E-state index contributed by atoms with van der Waals surface area (Å²) in [6.45, 7) is 3.18. The minimum Gasteiger partial charge on any atom is -0.370 e. The highest BCUT2D eigenvalue weighted by Gasteiger charge is 2.16. The van der Waals surface area contributed by atoms with Gasteiger partial charge in [0.2, 0.25) is 0 Å². The van der Waals surface area contributed by atoms with Crippen LogP contribution in [0.3, 0.4) is 0 Å². The molecule has 0 bridgehead atoms. The first-order valence-corrected chi connectivity index (χ1v) is 8.89. The SMILES string of the molecule is CCCNc1nc(Cc2cccs2)nc2c1CCCCC2. The van der Waals surface area contributed by atoms with Crippen molar-refractivity contribution in [2.75, 3.05) is 11.9 Å². The second kappa shape index (κ2) is 7.03. The van der Waals surface area contributed by atoms with Crippen molar-refractivity contribution in [2.45, 2.75) is 51.9 Å². The second-order valence-electron chi connectivity index (χ2n) is 5.66. The predicted octanol–water partition coefficient (Wildman–Crippen LogP) is 4.22. The molecule has 3 rings (SSSR count). The summed E-state index contributed by atoms with van der Waals surface area (Å²) in [4.78, 5) is 11.0. The first-order valence-electron chi connectivity index (χ1n) is 8.01. The van der Waals surface area contributed by atoms with E-state index in [9.17, 15) is 0 Å². The van der Waals surface area contributed by atoms with E-state index in [0.717, 1.165) is 43.9 Å². The van der Waals surface area contributed by atoms with Gasteiger partial charge in [-0.25, -0.2) is 9.97 Å². The van der Waals surface area contributed by atoms with E-state index in [1.165, 1.54) is 35.4 Å². The summed E-state index contributed by atoms with van der Waals surface area (Å²) in [5, 5.41) is 5.64. The fourth-order valence-corrected chi connectivity index (χ4v) is 3.56. The number of anilines is 1. The summed E-state index contributed by atoms with van der Waals surface area (Å²) >= 11 is 1.78. The lowest BCUT2D eigenvalue weighted by atomic mass is 10.1. The van der Waals surface area contributed by atoms with Gasteiger partial charge in [0.1, 0.15) is 11.6 Å². The lowest BCUT2D eigenvalue weighted by molar-refractivity contribution is 0.708. The average Bonchev–Trinajstić information content (AvgIpc) is 2.88. The molecule has 2 aromatic heterocycles. The molecule has 0 amide bonds. The Morgan fingerprint density at radius 1 is 1.19 bits per heavy atom. The smallest absolute Gasteiger partial charge is 0.136 e. The molecule has 2 aromatic rings. The van der Waals surface area contributed by atoms with Crippen LogP contribution in [0.15, 0.2) is 17.5 Å². The lowest BCUT2D eigenvalue weighted by Crippen LogP contribution is -2.12. The fourth-order valence-electron chi connectivity index (χ4n) is 2.86. The minimum atomic E-state index is 0.853. The van der Waals surface area contributed by atoms with Gasteiger partial charge >= 0.3 is 0 Å². The van der Waals surface area contributed by atoms with E-state index in [4.69, 9.17) is 9.97 Å². The van der Waals surface area contributed by atoms with E-state index in [1.807, 2.05) is 0 Å². The summed E-state index contributed by atoms with van der Waals surface area (Å²) in [7, 11) is 0. The molecule has 0 aliphatic heterocycles. The van der Waals surface area contributed by atoms with E-state index in [2.05, 4.69) is 29.8 Å². The summed E-state index contributed by atoms with van der Waals surface area (Å²) in [6.07, 6.45) is 8.04. The molecule has 112 valence electrons. The zero-order valence-electron chi connectivity index (χ0n) is 12.7. The standard InChI is InChI=1S/C17H23N3S/c1-2-10-18-17-14-8-4-3-5-9-15(14)19-16(20-17)12-13-7-6-11-21-13/h6-7,11H,2-5,8-10,12H2,1H3,(H,18,19,20). The van der Waals surface area contributed by atoms with Crippen molar-refractivity contribution in [1.82, 2.24) is 9.97 Å². The molecule has 0 fully saturated rings. The van der Waals surface area contributed by atoms with Gasteiger partial charge in [-0.1, -0.05) is 19.4 Å². The Morgan fingerprint density at radius 2 is 2.10 bits per heavy atom. The Labute approximate surface area is 130 Å². The van der Waals surface area contributed by atoms with Gasteiger partial charge in [-0.15, -0.1) is 11.3 Å². The van der Waals surface area contributed by atoms with Crippen LogP contribution in [0.1, 0.15) is 54.6 Å². The molecular formula is C17H23N3S. The van der Waals surface area contributed by atoms with E-state index < -0.39 is 0 Å². The van der Waals surface area contributed by atoms with Gasteiger partial charge in [0.25, 0.3) is 0 Å². The largest absolute Gasteiger partial charge is 0.370 e. The Morgan fingerprint density at radius 3 is 2.90 bits per heavy atom. The topological polar surface area (TPSA) is 37.8 Å². The van der Waals surface area contributed by atoms with Gasteiger partial charge in [-0.05, 0) is 43.6 Å². The molecule has 2 heterocycles. The van der Waals surface area contributed by atoms with Crippen molar-refractivity contribution in [3.63, 3.8) is 0 Å². The molecule has 0 saturated heterocycles. The van der Waals surface area contributed by atoms with Gasteiger partial charge in [0.15, 0.2) is 0 Å². The third-order valence-corrected chi connectivity index (χ3v) is 4.81. The maximum Gasteiger partial charge on any atom is 0.136 e. The molecule has 0 unspecified atom stereocenters. The number of aryl methyl sites for hydroxylation is 1. The van der Waals surface area contributed by atoms with Crippen LogP contribution < -0.4 is 5.32 Å². The highest BCUT2D eigenvalue weighted by molar-refractivity contribution is 7.09. The van der Waals surface area contributed by atoms with E-state index in [-0.39, 0.29) is 0 Å². The third-order valence-electron chi connectivity index (χ3n) is 3.93. The van der Waals surface area contributed by atoms with Gasteiger partial charge in [0, 0.05) is 29.1 Å². The van der Waals surface area contributed by atoms with Gasteiger partial charge in [0.05, 0.1) is 0 Å². The minimum absolute atomic E-state index is 0.853. The third kappa shape index (κ3) is 3.62. The summed E-state index contributed by atoms with van der Waals surface area (Å²) < 4.78 is 0. The fraction of sp³-hybridized carbons (Fsp3) is 0.529. The van der Waals surface area contributed by atoms with Crippen molar-refractivity contribution in [3.05, 3.63) is 39.5 Å². The Hall–Kier alpha value is -1.42. The van der Waals surface area contributed by atoms with Crippen molar-refractivity contribution >= 4 is 17.2 Å². The number of hydrogen-bond acceptors (Lipinski definition) is 4. The van der Waals surface area contributed by atoms with Crippen LogP contribution >= 0.6 is 11.3 Å². The molecule has 21 heavy (non-hydrogen) atoms. The van der Waals surface area contributed by atoms with E-state index in [1.54, 1.807) is 11.3 Å². The maximum absolute atomic E-state index is 4.87. The monoisotopic (exact) mass is 301 g/mol. The van der Waals surface area contributed by atoms with Crippen molar-refractivity contribution in [2.24, 2.45) is 0 Å². The molecule has 0 saturated carbocycles. The summed E-state index contributed by atoms with van der Waals surface area (Å²) in [5.41, 5.74) is 2.66. The highest BCUT2D eigenvalue weighted by atomic mass is 32.1. The molecule has 0 atom stereocenters. The first-order chi connectivity index (χ1) is 10.4. The Bertz CT molecular complexity index is 578. The number of hydrogen-bond donors (Lipinski definition) is 1. The lowest BCUT2D eigenvalue weighted by Gasteiger charge is -2.14. The molecule has 0 radical (unpaired) electrons. The van der Waals surface area contributed by atoms with Crippen LogP contribution in [-0.2, 0) is 19.3 Å². The molecular weight excluding hydrogens is 278 g/mol. The first kappa shape index (κ1) is 14.5. The van der Waals surface area contributed by atoms with Gasteiger partial charge in [-0.3, -0.25) is 0 Å². The van der Waals surface area contributed by atoms with Crippen molar-refractivity contribution in [1.29, 1.82) is 0 Å². The summed E-state index contributed by atoms with van der Waals surface area (Å²) in [6, 6.07) is 4.26. The highest BCUT2D eigenvalue weighted by Crippen LogP contribution is 2.26. The normalized spacial score (nSPS) is 14.5. The number of aromatic nitrogens is 2. The molecule has 1 aliphatic carbocycles. The summed E-state index contributed by atoms with van der Waals surface area (Å²) in [5.74, 6) is 2.06. The average molecular weight is 301 g/mol. The van der Waals surface area contributed by atoms with Crippen molar-refractivity contribution < 1.29 is 0 Å². The van der Waals surface area contributed by atoms with Crippen LogP contribution in [0.4, 0.5) is 5.82 Å². The molecule has 1 aliphatic rings. The quantitative estimate of drug-likeness (QED) is 0.840. The second-order valence-corrected chi connectivity index (χ2v) is 6.69. The zero-order chi connectivity index (χ0) is 14.5. The number of nitrogens with one attached hydrogen (secondary N) is 1.